The van der Waals surface area contributed by atoms with Crippen LogP contribution in [-0.4, -0.2) is 10.2 Å². The molecule has 0 aliphatic carbocycles. The van der Waals surface area contributed by atoms with Gasteiger partial charge in [-0.1, -0.05) is 30.3 Å². The van der Waals surface area contributed by atoms with Gasteiger partial charge in [0.15, 0.2) is 0 Å². The first-order valence-electron chi connectivity index (χ1n) is 3.61. The Balaban J connectivity index is 3.03. The van der Waals surface area contributed by atoms with Gasteiger partial charge in [0.2, 0.25) is 0 Å². The summed E-state index contributed by atoms with van der Waals surface area (Å²) in [6.45, 7) is 1.56. The van der Waals surface area contributed by atoms with Gasteiger partial charge in [-0.3, -0.25) is 0 Å². The van der Waals surface area contributed by atoms with Crippen LogP contribution in [0.25, 0.3) is 0 Å². The maximum atomic E-state index is 9.37. The molecule has 12 heavy (non-hydrogen) atoms. The van der Waals surface area contributed by atoms with Crippen molar-refractivity contribution in [1.29, 1.82) is 0 Å². The molecule has 0 spiro atoms. The third-order valence-corrected chi connectivity index (χ3v) is 1.48. The normalized spacial score (nSPS) is 10.2. The van der Waals surface area contributed by atoms with Crippen molar-refractivity contribution in [3.63, 3.8) is 0 Å². The lowest BCUT2D eigenvalue weighted by molar-refractivity contribution is -0.116. The molecule has 62 valence electrons. The summed E-state index contributed by atoms with van der Waals surface area (Å²) < 4.78 is 0. The maximum Gasteiger partial charge on any atom is 0.256 e. The maximum absolute atomic E-state index is 9.37. The van der Waals surface area contributed by atoms with Crippen LogP contribution in [0.15, 0.2) is 30.3 Å². The first-order chi connectivity index (χ1) is 5.67. The summed E-state index contributed by atoms with van der Waals surface area (Å²) in [4.78, 5) is 0. The van der Waals surface area contributed by atoms with E-state index in [1.807, 2.05) is 0 Å². The second-order valence-corrected chi connectivity index (χ2v) is 2.41. The molecule has 2 N–H and O–H groups in total. The minimum atomic E-state index is -2.02. The summed E-state index contributed by atoms with van der Waals surface area (Å²) in [5, 5.41) is 18.7. The highest BCUT2D eigenvalue weighted by Gasteiger charge is 2.21. The summed E-state index contributed by atoms with van der Waals surface area (Å²) >= 11 is 0. The smallest absolute Gasteiger partial charge is 0.256 e. The summed E-state index contributed by atoms with van der Waals surface area (Å²) in [7, 11) is 0. The van der Waals surface area contributed by atoms with E-state index < -0.39 is 5.79 Å². The molecule has 1 aromatic rings. The van der Waals surface area contributed by atoms with Gasteiger partial charge >= 0.3 is 0 Å². The van der Waals surface area contributed by atoms with Crippen molar-refractivity contribution in [2.24, 2.45) is 0 Å². The fourth-order valence-electron chi connectivity index (χ4n) is 0.917. The van der Waals surface area contributed by atoms with Gasteiger partial charge in [0, 0.05) is 5.56 Å². The van der Waals surface area contributed by atoms with Crippen LogP contribution in [0, 0.1) is 11.8 Å². The molecular formula is C10H10O2. The molecule has 2 nitrogen and oxygen atoms in total. The van der Waals surface area contributed by atoms with Crippen molar-refractivity contribution < 1.29 is 10.2 Å². The van der Waals surface area contributed by atoms with Gasteiger partial charge in [-0.25, -0.2) is 0 Å². The van der Waals surface area contributed by atoms with Crippen LogP contribution in [0.5, 0.6) is 0 Å². The standard InChI is InChI=1S/C10H10O2/c1-2-8-10(11,12)9-6-4-3-5-7-9/h3-7,11-12H,1H3. The molecular weight excluding hydrogens is 152 g/mol. The largest absolute Gasteiger partial charge is 0.352 e. The van der Waals surface area contributed by atoms with E-state index in [1.54, 1.807) is 37.3 Å². The van der Waals surface area contributed by atoms with E-state index in [2.05, 4.69) is 11.8 Å². The number of hydrogen-bond donors (Lipinski definition) is 2. The molecule has 0 radical (unpaired) electrons. The van der Waals surface area contributed by atoms with Crippen LogP contribution in [0.1, 0.15) is 12.5 Å². The average Bonchev–Trinajstić information content (AvgIpc) is 2.06. The Bertz CT molecular complexity index is 304. The summed E-state index contributed by atoms with van der Waals surface area (Å²) in [5.41, 5.74) is 0.388. The van der Waals surface area contributed by atoms with Gasteiger partial charge in [-0.05, 0) is 12.8 Å². The minimum Gasteiger partial charge on any atom is -0.352 e. The number of benzene rings is 1. The Hall–Kier alpha value is -1.30. The van der Waals surface area contributed by atoms with Gasteiger partial charge in [0.1, 0.15) is 0 Å². The van der Waals surface area contributed by atoms with Gasteiger partial charge in [-0.15, -0.1) is 5.92 Å². The molecule has 0 fully saturated rings. The number of aliphatic hydroxyl groups is 2. The highest BCUT2D eigenvalue weighted by Crippen LogP contribution is 2.15. The van der Waals surface area contributed by atoms with Crippen LogP contribution in [0.3, 0.4) is 0 Å². The third-order valence-electron chi connectivity index (χ3n) is 1.48. The van der Waals surface area contributed by atoms with Crippen molar-refractivity contribution >= 4 is 0 Å². The molecule has 0 amide bonds. The molecule has 0 aromatic heterocycles. The Morgan fingerprint density at radius 3 is 2.25 bits per heavy atom. The molecule has 0 saturated heterocycles. The molecule has 0 bridgehead atoms. The van der Waals surface area contributed by atoms with E-state index in [0.29, 0.717) is 5.56 Å². The van der Waals surface area contributed by atoms with Gasteiger partial charge in [0.25, 0.3) is 5.79 Å². The Morgan fingerprint density at radius 2 is 1.75 bits per heavy atom. The first kappa shape index (κ1) is 8.79. The minimum absolute atomic E-state index is 0.388. The number of rotatable bonds is 1. The average molecular weight is 162 g/mol. The summed E-state index contributed by atoms with van der Waals surface area (Å²) in [6, 6.07) is 8.50. The van der Waals surface area contributed by atoms with E-state index in [1.165, 1.54) is 0 Å². The van der Waals surface area contributed by atoms with Crippen LogP contribution in [-0.2, 0) is 5.79 Å². The third kappa shape index (κ3) is 1.85. The zero-order valence-corrected chi connectivity index (χ0v) is 6.78. The lowest BCUT2D eigenvalue weighted by Crippen LogP contribution is -2.22. The van der Waals surface area contributed by atoms with Crippen molar-refractivity contribution in [3.05, 3.63) is 35.9 Å². The zero-order chi connectivity index (χ0) is 9.03. The van der Waals surface area contributed by atoms with Gasteiger partial charge in [-0.2, -0.15) is 0 Å². The van der Waals surface area contributed by atoms with Crippen LogP contribution < -0.4 is 0 Å². The Kier molecular flexibility index (Phi) is 2.49. The van der Waals surface area contributed by atoms with Crippen molar-refractivity contribution in [1.82, 2.24) is 0 Å². The Labute approximate surface area is 71.5 Å². The van der Waals surface area contributed by atoms with Gasteiger partial charge in [0.05, 0.1) is 0 Å². The summed E-state index contributed by atoms with van der Waals surface area (Å²) in [5.74, 6) is 2.74. The molecule has 1 aromatic carbocycles. The second-order valence-electron chi connectivity index (χ2n) is 2.41. The monoisotopic (exact) mass is 162 g/mol. The van der Waals surface area contributed by atoms with Crippen LogP contribution in [0.4, 0.5) is 0 Å². The van der Waals surface area contributed by atoms with E-state index in [9.17, 15) is 10.2 Å². The van der Waals surface area contributed by atoms with Crippen molar-refractivity contribution in [2.75, 3.05) is 0 Å². The van der Waals surface area contributed by atoms with E-state index >= 15 is 0 Å². The molecule has 0 saturated carbocycles. The molecule has 1 rings (SSSR count). The van der Waals surface area contributed by atoms with E-state index in [-0.39, 0.29) is 0 Å². The zero-order valence-electron chi connectivity index (χ0n) is 6.78. The highest BCUT2D eigenvalue weighted by atomic mass is 16.5. The number of hydrogen-bond acceptors (Lipinski definition) is 2. The second kappa shape index (κ2) is 3.40. The fraction of sp³-hybridized carbons (Fsp3) is 0.200. The fourth-order valence-corrected chi connectivity index (χ4v) is 0.917. The molecule has 0 unspecified atom stereocenters. The Morgan fingerprint density at radius 1 is 1.17 bits per heavy atom. The lowest BCUT2D eigenvalue weighted by atomic mass is 10.1. The van der Waals surface area contributed by atoms with E-state index in [4.69, 9.17) is 0 Å². The lowest BCUT2D eigenvalue weighted by Gasteiger charge is -2.14. The van der Waals surface area contributed by atoms with Crippen molar-refractivity contribution in [2.45, 2.75) is 12.7 Å². The quantitative estimate of drug-likeness (QED) is 0.474. The van der Waals surface area contributed by atoms with Crippen molar-refractivity contribution in [3.8, 4) is 11.8 Å². The highest BCUT2D eigenvalue weighted by molar-refractivity contribution is 5.27. The topological polar surface area (TPSA) is 40.5 Å². The van der Waals surface area contributed by atoms with Crippen LogP contribution in [0.2, 0.25) is 0 Å². The molecule has 0 aliphatic rings. The molecule has 0 atom stereocenters. The molecule has 2 heteroatoms. The van der Waals surface area contributed by atoms with Gasteiger partial charge < -0.3 is 10.2 Å². The molecule has 0 heterocycles. The van der Waals surface area contributed by atoms with Crippen LogP contribution >= 0.6 is 0 Å². The summed E-state index contributed by atoms with van der Waals surface area (Å²) in [6.07, 6.45) is 0. The SMILES string of the molecule is CC#CC(O)(O)c1ccccc1. The predicted octanol–water partition coefficient (Wildman–Crippen LogP) is 0.847. The first-order valence-corrected chi connectivity index (χ1v) is 3.61. The molecule has 0 aliphatic heterocycles. The predicted molar refractivity (Wildman–Crippen MR) is 46.0 cm³/mol. The van der Waals surface area contributed by atoms with E-state index in [0.717, 1.165) is 0 Å².